The van der Waals surface area contributed by atoms with E-state index in [1.165, 1.54) is 62.6 Å². The lowest BCUT2D eigenvalue weighted by molar-refractivity contribution is -0.0343. The van der Waals surface area contributed by atoms with Gasteiger partial charge in [-0.2, -0.15) is 0 Å². The number of benzene rings is 1. The number of carbonyl (C=O) groups excluding carboxylic acids is 1. The van der Waals surface area contributed by atoms with Gasteiger partial charge in [0.15, 0.2) is 0 Å². The van der Waals surface area contributed by atoms with Crippen molar-refractivity contribution in [3.63, 3.8) is 0 Å². The largest absolute Gasteiger partial charge is 0.366 e. The first kappa shape index (κ1) is 15.9. The van der Waals surface area contributed by atoms with Crippen LogP contribution in [-0.2, 0) is 11.8 Å². The molecule has 1 aromatic carbocycles. The zero-order chi connectivity index (χ0) is 17.2. The zero-order valence-electron chi connectivity index (χ0n) is 15.3. The van der Waals surface area contributed by atoms with Gasteiger partial charge >= 0.3 is 0 Å². The second-order valence-corrected chi connectivity index (χ2v) is 9.08. The predicted octanol–water partition coefficient (Wildman–Crippen LogP) is 3.64. The van der Waals surface area contributed by atoms with Crippen molar-refractivity contribution in [3.8, 4) is 0 Å². The number of rotatable bonds is 3. The highest BCUT2D eigenvalue weighted by molar-refractivity contribution is 5.93. The van der Waals surface area contributed by atoms with Crippen LogP contribution in [0.5, 0.6) is 0 Å². The Morgan fingerprint density at radius 1 is 1.24 bits per heavy atom. The van der Waals surface area contributed by atoms with Crippen molar-refractivity contribution in [3.05, 3.63) is 34.9 Å². The van der Waals surface area contributed by atoms with Gasteiger partial charge in [-0.1, -0.05) is 18.9 Å². The Hall–Kier alpha value is -1.35. The summed E-state index contributed by atoms with van der Waals surface area (Å²) in [7, 11) is 0. The predicted molar refractivity (Wildman–Crippen MR) is 99.6 cm³/mol. The maximum Gasteiger partial charge on any atom is 0.248 e. The van der Waals surface area contributed by atoms with Crippen LogP contribution in [0.25, 0.3) is 0 Å². The summed E-state index contributed by atoms with van der Waals surface area (Å²) in [6, 6.07) is 7.77. The number of nitrogens with two attached hydrogens (primary N) is 1. The van der Waals surface area contributed by atoms with Crippen molar-refractivity contribution < 1.29 is 4.79 Å². The third-order valence-corrected chi connectivity index (χ3v) is 7.99. The molecule has 2 bridgehead atoms. The maximum absolute atomic E-state index is 11.8. The van der Waals surface area contributed by atoms with E-state index in [0.29, 0.717) is 17.0 Å². The van der Waals surface area contributed by atoms with Crippen LogP contribution in [0.2, 0.25) is 0 Å². The molecule has 1 aliphatic heterocycles. The van der Waals surface area contributed by atoms with Crippen molar-refractivity contribution in [2.45, 2.75) is 75.8 Å². The van der Waals surface area contributed by atoms with Crippen LogP contribution >= 0.6 is 0 Å². The molecule has 5 rings (SSSR count). The number of piperidine rings is 1. The molecule has 3 fully saturated rings. The topological polar surface area (TPSA) is 46.3 Å². The summed E-state index contributed by atoms with van der Waals surface area (Å²) >= 11 is 0. The highest BCUT2D eigenvalue weighted by atomic mass is 16.1. The van der Waals surface area contributed by atoms with Gasteiger partial charge in [-0.3, -0.25) is 9.69 Å². The van der Waals surface area contributed by atoms with Gasteiger partial charge in [0.1, 0.15) is 0 Å². The molecule has 1 heterocycles. The standard InChI is InChI=1S/C22H30N2O/c1-14(15-5-6-15)24-11-10-22-9-3-2-4-18(22)20(24)13-16-7-8-17(21(23)25)12-19(16)22/h7-8,12,14-15,18,20H,2-6,9-11,13H2,1H3,(H2,23,25)/t14-,18?,20?,22?/m1/s1. The SMILES string of the molecule is C[C@H](C1CC1)N1CCC23CCCCC2C1Cc1ccc(C(N)=O)cc13. The number of carbonyl (C=O) groups is 1. The Morgan fingerprint density at radius 3 is 2.84 bits per heavy atom. The molecule has 4 atom stereocenters. The summed E-state index contributed by atoms with van der Waals surface area (Å²) in [4.78, 5) is 14.6. The van der Waals surface area contributed by atoms with E-state index in [2.05, 4.69) is 24.0 Å². The van der Waals surface area contributed by atoms with Crippen LogP contribution < -0.4 is 5.73 Å². The number of amides is 1. The van der Waals surface area contributed by atoms with Crippen molar-refractivity contribution in [1.29, 1.82) is 0 Å². The first-order chi connectivity index (χ1) is 12.1. The molecule has 25 heavy (non-hydrogen) atoms. The highest BCUT2D eigenvalue weighted by Gasteiger charge is 2.55. The number of likely N-dealkylation sites (tertiary alicyclic amines) is 1. The van der Waals surface area contributed by atoms with Gasteiger partial charge in [0.05, 0.1) is 0 Å². The lowest BCUT2D eigenvalue weighted by atomic mass is 9.52. The molecule has 3 nitrogen and oxygen atoms in total. The first-order valence-corrected chi connectivity index (χ1v) is 10.3. The van der Waals surface area contributed by atoms with Crippen LogP contribution in [0.15, 0.2) is 18.2 Å². The smallest absolute Gasteiger partial charge is 0.248 e. The van der Waals surface area contributed by atoms with E-state index in [0.717, 1.165) is 24.3 Å². The van der Waals surface area contributed by atoms with Gasteiger partial charge in [-0.15, -0.1) is 0 Å². The Balaban J connectivity index is 1.59. The van der Waals surface area contributed by atoms with Gasteiger partial charge in [-0.05, 0) is 87.1 Å². The van der Waals surface area contributed by atoms with E-state index in [-0.39, 0.29) is 5.91 Å². The molecule has 3 heteroatoms. The van der Waals surface area contributed by atoms with Crippen LogP contribution in [0.1, 0.15) is 73.4 Å². The van der Waals surface area contributed by atoms with Crippen LogP contribution in [-0.4, -0.2) is 29.4 Å². The van der Waals surface area contributed by atoms with Crippen molar-refractivity contribution in [2.24, 2.45) is 17.6 Å². The molecule has 2 N–H and O–H groups in total. The zero-order valence-corrected chi connectivity index (χ0v) is 15.3. The van der Waals surface area contributed by atoms with E-state index in [9.17, 15) is 4.79 Å². The number of hydrogen-bond donors (Lipinski definition) is 1. The van der Waals surface area contributed by atoms with Gasteiger partial charge in [0.2, 0.25) is 5.91 Å². The average molecular weight is 338 g/mol. The lowest BCUT2D eigenvalue weighted by Crippen LogP contribution is -2.63. The quantitative estimate of drug-likeness (QED) is 0.914. The molecule has 134 valence electrons. The van der Waals surface area contributed by atoms with Crippen molar-refractivity contribution in [1.82, 2.24) is 4.90 Å². The second-order valence-electron chi connectivity index (χ2n) is 9.08. The fourth-order valence-electron chi connectivity index (χ4n) is 6.54. The molecule has 1 amide bonds. The summed E-state index contributed by atoms with van der Waals surface area (Å²) in [6.45, 7) is 3.71. The third kappa shape index (κ3) is 2.31. The van der Waals surface area contributed by atoms with E-state index in [1.54, 1.807) is 0 Å². The average Bonchev–Trinajstić information content (AvgIpc) is 3.46. The fraction of sp³-hybridized carbons (Fsp3) is 0.682. The lowest BCUT2D eigenvalue weighted by Gasteiger charge is -2.60. The fourth-order valence-corrected chi connectivity index (χ4v) is 6.54. The Kier molecular flexibility index (Phi) is 3.54. The van der Waals surface area contributed by atoms with Crippen LogP contribution in [0.4, 0.5) is 0 Å². The van der Waals surface area contributed by atoms with Gasteiger partial charge in [0, 0.05) is 23.1 Å². The Morgan fingerprint density at radius 2 is 2.08 bits per heavy atom. The highest BCUT2D eigenvalue weighted by Crippen LogP contribution is 2.56. The van der Waals surface area contributed by atoms with E-state index in [4.69, 9.17) is 5.73 Å². The second kappa shape index (κ2) is 5.57. The molecular formula is C22H30N2O. The monoisotopic (exact) mass is 338 g/mol. The molecule has 4 aliphatic rings. The molecule has 1 saturated heterocycles. The van der Waals surface area contributed by atoms with E-state index >= 15 is 0 Å². The Bertz CT molecular complexity index is 710. The summed E-state index contributed by atoms with van der Waals surface area (Å²) in [6.07, 6.45) is 10.7. The summed E-state index contributed by atoms with van der Waals surface area (Å²) in [5.74, 6) is 1.43. The Labute approximate surface area is 151 Å². The number of primary amides is 1. The number of nitrogens with zero attached hydrogens (tertiary/aromatic N) is 1. The molecule has 0 spiro atoms. The molecule has 3 aliphatic carbocycles. The minimum Gasteiger partial charge on any atom is -0.366 e. The maximum atomic E-state index is 11.8. The van der Waals surface area contributed by atoms with E-state index in [1.807, 2.05) is 6.07 Å². The number of hydrogen-bond acceptors (Lipinski definition) is 2. The third-order valence-electron chi connectivity index (χ3n) is 7.99. The first-order valence-electron chi connectivity index (χ1n) is 10.3. The molecule has 1 aromatic rings. The molecular weight excluding hydrogens is 308 g/mol. The van der Waals surface area contributed by atoms with Gasteiger partial charge < -0.3 is 5.73 Å². The minimum absolute atomic E-state index is 0.284. The summed E-state index contributed by atoms with van der Waals surface area (Å²) in [5, 5.41) is 0. The van der Waals surface area contributed by atoms with E-state index < -0.39 is 0 Å². The van der Waals surface area contributed by atoms with Gasteiger partial charge in [-0.25, -0.2) is 0 Å². The molecule has 0 aromatic heterocycles. The van der Waals surface area contributed by atoms with Crippen LogP contribution in [0, 0.1) is 11.8 Å². The molecule has 2 saturated carbocycles. The summed E-state index contributed by atoms with van der Waals surface area (Å²) in [5.41, 5.74) is 9.56. The number of fused-ring (bicyclic) bond motifs is 1. The van der Waals surface area contributed by atoms with Crippen molar-refractivity contribution in [2.75, 3.05) is 6.54 Å². The van der Waals surface area contributed by atoms with Gasteiger partial charge in [0.25, 0.3) is 0 Å². The minimum atomic E-state index is -0.284. The molecule has 3 unspecified atom stereocenters. The normalized spacial score (nSPS) is 35.6. The van der Waals surface area contributed by atoms with Crippen molar-refractivity contribution >= 4 is 5.91 Å². The molecule has 0 radical (unpaired) electrons. The van der Waals surface area contributed by atoms with Crippen LogP contribution in [0.3, 0.4) is 0 Å². The summed E-state index contributed by atoms with van der Waals surface area (Å²) < 4.78 is 0.